The van der Waals surface area contributed by atoms with Gasteiger partial charge in [0.25, 0.3) is 0 Å². The molecule has 0 aliphatic carbocycles. The fraction of sp³-hybridized carbons (Fsp3) is 0.222. The molecule has 1 aliphatic heterocycles. The Kier molecular flexibility index (Phi) is 4.65. The molecule has 0 aromatic heterocycles. The first-order chi connectivity index (χ1) is 12.0. The van der Waals surface area contributed by atoms with Gasteiger partial charge in [-0.2, -0.15) is 0 Å². The lowest BCUT2D eigenvalue weighted by Crippen LogP contribution is -2.32. The van der Waals surface area contributed by atoms with Gasteiger partial charge >= 0.3 is 6.03 Å². The molecule has 0 radical (unpaired) electrons. The molecular formula is C18H17F2N3O2. The van der Waals surface area contributed by atoms with Crippen LogP contribution >= 0.6 is 0 Å². The van der Waals surface area contributed by atoms with Crippen molar-refractivity contribution >= 4 is 23.3 Å². The maximum Gasteiger partial charge on any atom is 0.322 e. The molecule has 1 aliphatic rings. The van der Waals surface area contributed by atoms with E-state index in [1.807, 2.05) is 6.92 Å². The minimum Gasteiger partial charge on any atom is -0.336 e. The van der Waals surface area contributed by atoms with Gasteiger partial charge in [-0.05, 0) is 37.3 Å². The van der Waals surface area contributed by atoms with Crippen LogP contribution in [0.5, 0.6) is 0 Å². The van der Waals surface area contributed by atoms with Gasteiger partial charge < -0.3 is 10.6 Å². The number of hydrogen-bond donors (Lipinski definition) is 2. The first kappa shape index (κ1) is 16.9. The minimum atomic E-state index is -0.758. The van der Waals surface area contributed by atoms with Gasteiger partial charge in [-0.25, -0.2) is 13.6 Å². The lowest BCUT2D eigenvalue weighted by molar-refractivity contribution is -0.115. The van der Waals surface area contributed by atoms with E-state index in [2.05, 4.69) is 10.6 Å². The number of carbonyl (C=O) groups is 2. The standard InChI is InChI=1S/C18H17F2N3O2/c1-11-10-21-18(25)23(11)13-5-2-4-12(8-13)22-17(24)9-14-15(19)6-3-7-16(14)20/h2-8,11H,9-10H2,1H3,(H,21,25)(H,22,24). The Morgan fingerprint density at radius 2 is 1.92 bits per heavy atom. The molecule has 2 aromatic carbocycles. The first-order valence-electron chi connectivity index (χ1n) is 7.85. The van der Waals surface area contributed by atoms with Crippen molar-refractivity contribution in [3.05, 3.63) is 59.7 Å². The van der Waals surface area contributed by atoms with Crippen LogP contribution in [0, 0.1) is 11.6 Å². The zero-order chi connectivity index (χ0) is 18.0. The number of anilines is 2. The zero-order valence-electron chi connectivity index (χ0n) is 13.6. The largest absolute Gasteiger partial charge is 0.336 e. The number of nitrogens with one attached hydrogen (secondary N) is 2. The van der Waals surface area contributed by atoms with Crippen molar-refractivity contribution in [2.24, 2.45) is 0 Å². The van der Waals surface area contributed by atoms with E-state index in [0.717, 1.165) is 12.1 Å². The monoisotopic (exact) mass is 345 g/mol. The summed E-state index contributed by atoms with van der Waals surface area (Å²) in [7, 11) is 0. The van der Waals surface area contributed by atoms with E-state index in [1.54, 1.807) is 29.2 Å². The lowest BCUT2D eigenvalue weighted by Gasteiger charge is -2.20. The number of benzene rings is 2. The Labute approximate surface area is 143 Å². The zero-order valence-corrected chi connectivity index (χ0v) is 13.6. The van der Waals surface area contributed by atoms with E-state index in [-0.39, 0.29) is 17.6 Å². The van der Waals surface area contributed by atoms with Gasteiger partial charge in [0, 0.05) is 23.5 Å². The van der Waals surface area contributed by atoms with Crippen LogP contribution in [0.3, 0.4) is 0 Å². The van der Waals surface area contributed by atoms with Gasteiger partial charge in [0.2, 0.25) is 5.91 Å². The van der Waals surface area contributed by atoms with Crippen molar-refractivity contribution in [2.75, 3.05) is 16.8 Å². The number of hydrogen-bond acceptors (Lipinski definition) is 2. The molecule has 0 spiro atoms. The summed E-state index contributed by atoms with van der Waals surface area (Å²) >= 11 is 0. The number of urea groups is 1. The highest BCUT2D eigenvalue weighted by atomic mass is 19.1. The maximum absolute atomic E-state index is 13.6. The Bertz CT molecular complexity index is 805. The quantitative estimate of drug-likeness (QED) is 0.895. The van der Waals surface area contributed by atoms with E-state index in [0.29, 0.717) is 17.9 Å². The predicted molar refractivity (Wildman–Crippen MR) is 90.5 cm³/mol. The summed E-state index contributed by atoms with van der Waals surface area (Å²) in [6, 6.07) is 10.0. The molecular weight excluding hydrogens is 328 g/mol. The number of rotatable bonds is 4. The summed E-state index contributed by atoms with van der Waals surface area (Å²) in [4.78, 5) is 25.6. The Morgan fingerprint density at radius 3 is 2.56 bits per heavy atom. The van der Waals surface area contributed by atoms with E-state index in [9.17, 15) is 18.4 Å². The van der Waals surface area contributed by atoms with Crippen molar-refractivity contribution in [1.29, 1.82) is 0 Å². The van der Waals surface area contributed by atoms with Crippen molar-refractivity contribution < 1.29 is 18.4 Å². The van der Waals surface area contributed by atoms with E-state index in [1.165, 1.54) is 6.07 Å². The summed E-state index contributed by atoms with van der Waals surface area (Å²) in [5.41, 5.74) is 0.812. The van der Waals surface area contributed by atoms with Crippen LogP contribution in [0.25, 0.3) is 0 Å². The van der Waals surface area contributed by atoms with Crippen LogP contribution in [0.15, 0.2) is 42.5 Å². The van der Waals surface area contributed by atoms with Crippen molar-refractivity contribution in [3.8, 4) is 0 Å². The van der Waals surface area contributed by atoms with Crippen LogP contribution in [0.2, 0.25) is 0 Å². The number of halogens is 2. The fourth-order valence-electron chi connectivity index (χ4n) is 2.78. The average Bonchev–Trinajstić information content (AvgIpc) is 2.90. The van der Waals surface area contributed by atoms with Gasteiger partial charge in [-0.3, -0.25) is 9.69 Å². The molecule has 2 aromatic rings. The minimum absolute atomic E-state index is 0.00837. The number of amides is 3. The summed E-state index contributed by atoms with van der Waals surface area (Å²) in [5.74, 6) is -2.06. The molecule has 2 N–H and O–H groups in total. The van der Waals surface area contributed by atoms with Crippen LogP contribution in [-0.4, -0.2) is 24.5 Å². The third-order valence-corrected chi connectivity index (χ3v) is 4.02. The molecule has 7 heteroatoms. The highest BCUT2D eigenvalue weighted by Crippen LogP contribution is 2.24. The number of nitrogens with zero attached hydrogens (tertiary/aromatic N) is 1. The van der Waals surface area contributed by atoms with E-state index < -0.39 is 24.0 Å². The van der Waals surface area contributed by atoms with Gasteiger partial charge in [0.05, 0.1) is 12.5 Å². The molecule has 1 fully saturated rings. The smallest absolute Gasteiger partial charge is 0.322 e. The second kappa shape index (κ2) is 6.88. The second-order valence-corrected chi connectivity index (χ2v) is 5.88. The molecule has 25 heavy (non-hydrogen) atoms. The molecule has 0 bridgehead atoms. The summed E-state index contributed by atoms with van der Waals surface area (Å²) in [5, 5.41) is 5.35. The van der Waals surface area contributed by atoms with Crippen LogP contribution in [-0.2, 0) is 11.2 Å². The first-order valence-corrected chi connectivity index (χ1v) is 7.85. The normalized spacial score (nSPS) is 16.7. The fourth-order valence-corrected chi connectivity index (χ4v) is 2.78. The molecule has 3 amide bonds. The topological polar surface area (TPSA) is 61.4 Å². The molecule has 1 unspecified atom stereocenters. The maximum atomic E-state index is 13.6. The second-order valence-electron chi connectivity index (χ2n) is 5.88. The van der Waals surface area contributed by atoms with Crippen LogP contribution in [0.1, 0.15) is 12.5 Å². The molecule has 1 heterocycles. The molecule has 0 saturated carbocycles. The highest BCUT2D eigenvalue weighted by molar-refractivity contribution is 5.97. The summed E-state index contributed by atoms with van der Waals surface area (Å²) < 4.78 is 27.3. The van der Waals surface area contributed by atoms with Crippen molar-refractivity contribution in [3.63, 3.8) is 0 Å². The van der Waals surface area contributed by atoms with Gasteiger partial charge in [-0.1, -0.05) is 12.1 Å². The van der Waals surface area contributed by atoms with Gasteiger partial charge in [0.15, 0.2) is 0 Å². The Balaban J connectivity index is 1.74. The predicted octanol–water partition coefficient (Wildman–Crippen LogP) is 3.06. The average molecular weight is 345 g/mol. The molecule has 130 valence electrons. The SMILES string of the molecule is CC1CNC(=O)N1c1cccc(NC(=O)Cc2c(F)cccc2F)c1. The van der Waals surface area contributed by atoms with E-state index >= 15 is 0 Å². The van der Waals surface area contributed by atoms with E-state index in [4.69, 9.17) is 0 Å². The van der Waals surface area contributed by atoms with Crippen LogP contribution < -0.4 is 15.5 Å². The molecule has 5 nitrogen and oxygen atoms in total. The molecule has 1 saturated heterocycles. The summed E-state index contributed by atoms with van der Waals surface area (Å²) in [6.45, 7) is 2.45. The van der Waals surface area contributed by atoms with Gasteiger partial charge in [-0.15, -0.1) is 0 Å². The lowest BCUT2D eigenvalue weighted by atomic mass is 10.1. The third kappa shape index (κ3) is 3.60. The highest BCUT2D eigenvalue weighted by Gasteiger charge is 2.28. The Morgan fingerprint density at radius 1 is 1.24 bits per heavy atom. The van der Waals surface area contributed by atoms with Crippen molar-refractivity contribution in [1.82, 2.24) is 5.32 Å². The van der Waals surface area contributed by atoms with Gasteiger partial charge in [0.1, 0.15) is 11.6 Å². The van der Waals surface area contributed by atoms with Crippen LogP contribution in [0.4, 0.5) is 25.0 Å². The molecule has 3 rings (SSSR count). The Hall–Kier alpha value is -2.96. The summed E-state index contributed by atoms with van der Waals surface area (Å²) in [6.07, 6.45) is -0.413. The third-order valence-electron chi connectivity index (χ3n) is 4.02. The number of carbonyl (C=O) groups excluding carboxylic acids is 2. The van der Waals surface area contributed by atoms with Crippen molar-refractivity contribution in [2.45, 2.75) is 19.4 Å². The molecule has 1 atom stereocenters.